The van der Waals surface area contributed by atoms with Crippen molar-refractivity contribution in [2.24, 2.45) is 0 Å². The quantitative estimate of drug-likeness (QED) is 0.729. The van der Waals surface area contributed by atoms with Crippen molar-refractivity contribution in [1.29, 1.82) is 0 Å². The van der Waals surface area contributed by atoms with Crippen LogP contribution in [0.4, 0.5) is 5.82 Å². The molecule has 2 aliphatic heterocycles. The monoisotopic (exact) mass is 429 g/mol. The van der Waals surface area contributed by atoms with E-state index in [-0.39, 0.29) is 11.7 Å². The zero-order chi connectivity index (χ0) is 21.3. The van der Waals surface area contributed by atoms with Crippen molar-refractivity contribution in [2.75, 3.05) is 38.2 Å². The van der Waals surface area contributed by atoms with Gasteiger partial charge in [-0.25, -0.2) is 0 Å². The van der Waals surface area contributed by atoms with Crippen molar-refractivity contribution in [3.8, 4) is 11.8 Å². The molecule has 2 aliphatic rings. The lowest BCUT2D eigenvalue weighted by molar-refractivity contribution is -0.126. The number of carbonyl (C=O) groups excluding carboxylic acids is 1. The first-order valence-corrected chi connectivity index (χ1v) is 10.2. The number of benzene rings is 1. The molecule has 0 radical (unpaired) electrons. The highest BCUT2D eigenvalue weighted by Crippen LogP contribution is 2.34. The molecule has 1 aromatic heterocycles. The first kappa shape index (κ1) is 20.4. The predicted molar refractivity (Wildman–Crippen MR) is 114 cm³/mol. The summed E-state index contributed by atoms with van der Waals surface area (Å²) in [6, 6.07) is 5.47. The standard InChI is InChI=1S/C21H24ClN5O3/c1-3-19(29)26-7-9-27(10-8-26)20-15-12-25(13-17(15)23-21(24-20)30-2)11-14-16(22)5-4-6-18(14)28/h3-6,28H,1,7-13H2,2H3. The first-order valence-electron chi connectivity index (χ1n) is 9.79. The number of piperazine rings is 1. The average Bonchev–Trinajstić information content (AvgIpc) is 3.17. The third-order valence-corrected chi connectivity index (χ3v) is 5.88. The molecule has 30 heavy (non-hydrogen) atoms. The van der Waals surface area contributed by atoms with E-state index in [1.54, 1.807) is 30.2 Å². The fourth-order valence-electron chi connectivity index (χ4n) is 3.94. The number of ether oxygens (including phenoxy) is 1. The number of phenols is 1. The van der Waals surface area contributed by atoms with Gasteiger partial charge in [-0.1, -0.05) is 24.2 Å². The van der Waals surface area contributed by atoms with E-state index in [1.807, 2.05) is 0 Å². The molecule has 0 spiro atoms. The van der Waals surface area contributed by atoms with Gasteiger partial charge in [0.15, 0.2) is 0 Å². The van der Waals surface area contributed by atoms with Crippen LogP contribution >= 0.6 is 11.6 Å². The number of aromatic hydroxyl groups is 1. The van der Waals surface area contributed by atoms with Crippen molar-refractivity contribution >= 4 is 23.3 Å². The van der Waals surface area contributed by atoms with Gasteiger partial charge < -0.3 is 19.6 Å². The molecule has 1 amide bonds. The van der Waals surface area contributed by atoms with E-state index >= 15 is 0 Å². The Kier molecular flexibility index (Phi) is 5.78. The van der Waals surface area contributed by atoms with E-state index in [1.165, 1.54) is 6.08 Å². The van der Waals surface area contributed by atoms with Crippen LogP contribution < -0.4 is 9.64 Å². The summed E-state index contributed by atoms with van der Waals surface area (Å²) in [5.74, 6) is 0.977. The molecule has 1 N–H and O–H groups in total. The Hall–Kier alpha value is -2.84. The molecule has 0 atom stereocenters. The highest BCUT2D eigenvalue weighted by molar-refractivity contribution is 6.31. The Bertz CT molecular complexity index is 955. The van der Waals surface area contributed by atoms with Gasteiger partial charge in [-0.05, 0) is 18.2 Å². The van der Waals surface area contributed by atoms with E-state index in [4.69, 9.17) is 16.3 Å². The van der Waals surface area contributed by atoms with Crippen LogP contribution in [0.25, 0.3) is 0 Å². The molecule has 158 valence electrons. The van der Waals surface area contributed by atoms with Crippen LogP contribution in [0.3, 0.4) is 0 Å². The number of phenolic OH excluding ortho intramolecular Hbond substituents is 1. The maximum atomic E-state index is 11.9. The van der Waals surface area contributed by atoms with Gasteiger partial charge in [0.2, 0.25) is 5.91 Å². The number of halogens is 1. The Morgan fingerprint density at radius 1 is 1.27 bits per heavy atom. The largest absolute Gasteiger partial charge is 0.508 e. The van der Waals surface area contributed by atoms with Crippen LogP contribution in [-0.2, 0) is 24.4 Å². The SMILES string of the molecule is C=CC(=O)N1CCN(c2nc(OC)nc3c2CN(Cc2c(O)cccc2Cl)C3)CC1. The summed E-state index contributed by atoms with van der Waals surface area (Å²) in [6.45, 7) is 7.91. The Morgan fingerprint density at radius 2 is 2.03 bits per heavy atom. The number of aromatic nitrogens is 2. The maximum Gasteiger partial charge on any atom is 0.318 e. The highest BCUT2D eigenvalue weighted by atomic mass is 35.5. The molecule has 0 aliphatic carbocycles. The molecule has 1 saturated heterocycles. The summed E-state index contributed by atoms with van der Waals surface area (Å²) in [7, 11) is 1.56. The lowest BCUT2D eigenvalue weighted by Crippen LogP contribution is -2.48. The molecule has 4 rings (SSSR count). The number of hydrogen-bond donors (Lipinski definition) is 1. The first-order chi connectivity index (χ1) is 14.5. The van der Waals surface area contributed by atoms with Crippen molar-refractivity contribution in [3.63, 3.8) is 0 Å². The Labute approximate surface area is 180 Å². The highest BCUT2D eigenvalue weighted by Gasteiger charge is 2.30. The molecule has 3 heterocycles. The minimum atomic E-state index is -0.0501. The van der Waals surface area contributed by atoms with E-state index in [9.17, 15) is 9.90 Å². The van der Waals surface area contributed by atoms with Crippen LogP contribution in [0.2, 0.25) is 5.02 Å². The van der Waals surface area contributed by atoms with E-state index in [0.717, 1.165) is 17.1 Å². The Morgan fingerprint density at radius 3 is 2.70 bits per heavy atom. The van der Waals surface area contributed by atoms with Gasteiger partial charge in [-0.2, -0.15) is 9.97 Å². The third-order valence-electron chi connectivity index (χ3n) is 5.53. The second kappa shape index (κ2) is 8.49. The summed E-state index contributed by atoms with van der Waals surface area (Å²) < 4.78 is 5.33. The Balaban J connectivity index is 1.55. The number of anilines is 1. The zero-order valence-electron chi connectivity index (χ0n) is 16.8. The molecule has 2 aromatic rings. The minimum absolute atomic E-state index is 0.0501. The summed E-state index contributed by atoms with van der Waals surface area (Å²) in [5, 5.41) is 10.7. The van der Waals surface area contributed by atoms with Gasteiger partial charge >= 0.3 is 6.01 Å². The second-order valence-corrected chi connectivity index (χ2v) is 7.77. The fraction of sp³-hybridized carbons (Fsp3) is 0.381. The predicted octanol–water partition coefficient (Wildman–Crippen LogP) is 2.19. The van der Waals surface area contributed by atoms with Crippen molar-refractivity contribution in [3.05, 3.63) is 52.7 Å². The molecule has 0 unspecified atom stereocenters. The number of nitrogens with zero attached hydrogens (tertiary/aromatic N) is 5. The second-order valence-electron chi connectivity index (χ2n) is 7.36. The van der Waals surface area contributed by atoms with Gasteiger partial charge in [0.05, 0.1) is 12.8 Å². The molecule has 1 aromatic carbocycles. The van der Waals surface area contributed by atoms with Crippen LogP contribution in [0.5, 0.6) is 11.8 Å². The van der Waals surface area contributed by atoms with Gasteiger partial charge in [-0.3, -0.25) is 9.69 Å². The molecule has 0 saturated carbocycles. The molecule has 8 nitrogen and oxygen atoms in total. The van der Waals surface area contributed by atoms with E-state index < -0.39 is 0 Å². The molecule has 0 bridgehead atoms. The van der Waals surface area contributed by atoms with Crippen molar-refractivity contribution in [2.45, 2.75) is 19.6 Å². The number of hydrogen-bond acceptors (Lipinski definition) is 7. The third kappa shape index (κ3) is 3.93. The summed E-state index contributed by atoms with van der Waals surface area (Å²) in [6.07, 6.45) is 1.35. The summed E-state index contributed by atoms with van der Waals surface area (Å²) in [5.41, 5.74) is 2.66. The molecular weight excluding hydrogens is 406 g/mol. The zero-order valence-corrected chi connectivity index (χ0v) is 17.6. The number of rotatable bonds is 5. The van der Waals surface area contributed by atoms with Gasteiger partial charge in [-0.15, -0.1) is 0 Å². The summed E-state index contributed by atoms with van der Waals surface area (Å²) >= 11 is 6.29. The lowest BCUT2D eigenvalue weighted by Gasteiger charge is -2.35. The number of amides is 1. The van der Waals surface area contributed by atoms with Gasteiger partial charge in [0, 0.05) is 62.0 Å². The van der Waals surface area contributed by atoms with Crippen molar-refractivity contribution in [1.82, 2.24) is 19.8 Å². The molecule has 9 heteroatoms. The van der Waals surface area contributed by atoms with Crippen LogP contribution in [0.1, 0.15) is 16.8 Å². The average molecular weight is 430 g/mol. The number of fused-ring (bicyclic) bond motifs is 1. The smallest absolute Gasteiger partial charge is 0.318 e. The van der Waals surface area contributed by atoms with E-state index in [2.05, 4.69) is 26.3 Å². The number of methoxy groups -OCH3 is 1. The minimum Gasteiger partial charge on any atom is -0.508 e. The van der Waals surface area contributed by atoms with Crippen LogP contribution in [-0.4, -0.2) is 64.1 Å². The number of carbonyl (C=O) groups is 1. The normalized spacial score (nSPS) is 16.5. The van der Waals surface area contributed by atoms with Crippen LogP contribution in [0.15, 0.2) is 30.9 Å². The van der Waals surface area contributed by atoms with Gasteiger partial charge in [0.1, 0.15) is 11.6 Å². The fourth-order valence-corrected chi connectivity index (χ4v) is 4.17. The lowest BCUT2D eigenvalue weighted by atomic mass is 10.2. The topological polar surface area (TPSA) is 82.0 Å². The van der Waals surface area contributed by atoms with Crippen molar-refractivity contribution < 1.29 is 14.6 Å². The van der Waals surface area contributed by atoms with Gasteiger partial charge in [0.25, 0.3) is 0 Å². The maximum absolute atomic E-state index is 11.9. The van der Waals surface area contributed by atoms with Crippen LogP contribution in [0, 0.1) is 0 Å². The van der Waals surface area contributed by atoms with E-state index in [0.29, 0.717) is 62.4 Å². The summed E-state index contributed by atoms with van der Waals surface area (Å²) in [4.78, 5) is 27.2. The molecular formula is C21H24ClN5O3. The molecule has 1 fully saturated rings.